The van der Waals surface area contributed by atoms with Gasteiger partial charge in [-0.05, 0) is 68.2 Å². The SMILES string of the molecule is CB(c1c(C(C)C)cc(-c2ccccc2)cc1C(C)C)c1c(C(C)C)cc(-c2ccccc2)cc1C(C)C. The van der Waals surface area contributed by atoms with E-state index in [4.69, 9.17) is 0 Å². The Labute approximate surface area is 232 Å². The highest BCUT2D eigenvalue weighted by Crippen LogP contribution is 2.32. The number of hydrogen-bond acceptors (Lipinski definition) is 0. The summed E-state index contributed by atoms with van der Waals surface area (Å²) in [6.45, 7) is 21.6. The quantitative estimate of drug-likeness (QED) is 0.211. The summed E-state index contributed by atoms with van der Waals surface area (Å²) in [5, 5.41) is 0. The van der Waals surface area contributed by atoms with Crippen molar-refractivity contribution in [1.82, 2.24) is 0 Å². The van der Waals surface area contributed by atoms with Crippen LogP contribution in [0.3, 0.4) is 0 Å². The highest BCUT2D eigenvalue weighted by molar-refractivity contribution is 6.85. The molecule has 4 aromatic carbocycles. The minimum Gasteiger partial charge on any atom is -0.0774 e. The number of hydrogen-bond donors (Lipinski definition) is 0. The second kappa shape index (κ2) is 11.8. The summed E-state index contributed by atoms with van der Waals surface area (Å²) in [5.41, 5.74) is 14.3. The zero-order chi connectivity index (χ0) is 27.6. The van der Waals surface area contributed by atoms with E-state index in [-0.39, 0.29) is 0 Å². The Morgan fingerprint density at radius 3 is 0.895 bits per heavy atom. The monoisotopic (exact) mass is 500 g/mol. The number of rotatable bonds is 8. The molecule has 0 N–H and O–H groups in total. The molecule has 0 aliphatic carbocycles. The second-order valence-corrected chi connectivity index (χ2v) is 12.2. The average molecular weight is 501 g/mol. The Balaban J connectivity index is 2.00. The molecule has 1 heteroatoms. The molecule has 196 valence electrons. The minimum absolute atomic E-state index is 0.314. The molecule has 0 spiro atoms. The van der Waals surface area contributed by atoms with E-state index in [9.17, 15) is 0 Å². The van der Waals surface area contributed by atoms with Crippen LogP contribution in [0.5, 0.6) is 0 Å². The molecular weight excluding hydrogens is 455 g/mol. The summed E-state index contributed by atoms with van der Waals surface area (Å²) in [7, 11) is 0. The highest BCUT2D eigenvalue weighted by Gasteiger charge is 2.29. The summed E-state index contributed by atoms with van der Waals surface area (Å²) in [6, 6.07) is 31.6. The van der Waals surface area contributed by atoms with Crippen LogP contribution >= 0.6 is 0 Å². The molecule has 0 aliphatic heterocycles. The maximum atomic E-state index is 2.47. The van der Waals surface area contributed by atoms with E-state index >= 15 is 0 Å². The van der Waals surface area contributed by atoms with E-state index in [2.05, 4.69) is 147 Å². The van der Waals surface area contributed by atoms with Gasteiger partial charge in [0.1, 0.15) is 0 Å². The number of benzene rings is 4. The van der Waals surface area contributed by atoms with Gasteiger partial charge in [-0.1, -0.05) is 158 Å². The Morgan fingerprint density at radius 2 is 0.658 bits per heavy atom. The van der Waals surface area contributed by atoms with Crippen LogP contribution in [-0.4, -0.2) is 6.71 Å². The van der Waals surface area contributed by atoms with E-state index in [1.165, 1.54) is 55.4 Å². The van der Waals surface area contributed by atoms with Crippen molar-refractivity contribution < 1.29 is 0 Å². The van der Waals surface area contributed by atoms with Gasteiger partial charge in [0, 0.05) is 0 Å². The third kappa shape index (κ3) is 5.68. The van der Waals surface area contributed by atoms with Crippen LogP contribution in [-0.2, 0) is 0 Å². The lowest BCUT2D eigenvalue weighted by Crippen LogP contribution is -2.47. The Hall–Kier alpha value is -3.06. The van der Waals surface area contributed by atoms with Gasteiger partial charge in [0.05, 0.1) is 0 Å². The molecule has 0 bridgehead atoms. The first-order valence-corrected chi connectivity index (χ1v) is 14.6. The molecule has 0 radical (unpaired) electrons. The fourth-order valence-electron chi connectivity index (χ4n) is 6.05. The summed E-state index contributed by atoms with van der Waals surface area (Å²) in [5.74, 6) is 1.79. The molecule has 4 aromatic rings. The molecule has 0 aromatic heterocycles. The minimum atomic E-state index is 0.314. The van der Waals surface area contributed by atoms with Crippen molar-refractivity contribution in [3.63, 3.8) is 0 Å². The summed E-state index contributed by atoms with van der Waals surface area (Å²) in [6.07, 6.45) is 0. The van der Waals surface area contributed by atoms with Crippen LogP contribution in [0.2, 0.25) is 6.82 Å². The van der Waals surface area contributed by atoms with Gasteiger partial charge in [-0.2, -0.15) is 0 Å². The largest absolute Gasteiger partial charge is 0.207 e. The van der Waals surface area contributed by atoms with Crippen molar-refractivity contribution >= 4 is 17.6 Å². The van der Waals surface area contributed by atoms with Gasteiger partial charge in [-0.15, -0.1) is 0 Å². The highest BCUT2D eigenvalue weighted by atomic mass is 14.2. The van der Waals surface area contributed by atoms with E-state index in [1.54, 1.807) is 0 Å². The normalized spacial score (nSPS) is 11.7. The summed E-state index contributed by atoms with van der Waals surface area (Å²) >= 11 is 0. The zero-order valence-corrected chi connectivity index (χ0v) is 25.0. The van der Waals surface area contributed by atoms with Crippen molar-refractivity contribution in [2.24, 2.45) is 0 Å². The lowest BCUT2D eigenvalue weighted by molar-refractivity contribution is 0.841. The van der Waals surface area contributed by atoms with Crippen molar-refractivity contribution in [3.8, 4) is 22.3 Å². The molecule has 0 heterocycles. The third-order valence-corrected chi connectivity index (χ3v) is 8.06. The first-order valence-electron chi connectivity index (χ1n) is 14.6. The van der Waals surface area contributed by atoms with Crippen molar-refractivity contribution in [2.45, 2.75) is 85.9 Å². The van der Waals surface area contributed by atoms with Crippen LogP contribution < -0.4 is 10.9 Å². The van der Waals surface area contributed by atoms with Crippen LogP contribution in [0.4, 0.5) is 0 Å². The van der Waals surface area contributed by atoms with E-state index in [1.807, 2.05) is 0 Å². The lowest BCUT2D eigenvalue weighted by atomic mass is 9.37. The molecule has 38 heavy (non-hydrogen) atoms. The molecule has 0 saturated carbocycles. The fourth-order valence-corrected chi connectivity index (χ4v) is 6.05. The maximum Gasteiger partial charge on any atom is 0.207 e. The maximum absolute atomic E-state index is 2.47. The van der Waals surface area contributed by atoms with Crippen molar-refractivity contribution in [3.05, 3.63) is 107 Å². The Morgan fingerprint density at radius 1 is 0.395 bits per heavy atom. The molecule has 0 unspecified atom stereocenters. The summed E-state index contributed by atoms with van der Waals surface area (Å²) in [4.78, 5) is 0. The van der Waals surface area contributed by atoms with Gasteiger partial charge in [-0.3, -0.25) is 0 Å². The van der Waals surface area contributed by atoms with Gasteiger partial charge >= 0.3 is 0 Å². The molecule has 0 atom stereocenters. The van der Waals surface area contributed by atoms with Crippen LogP contribution in [0.25, 0.3) is 22.3 Å². The molecule has 0 nitrogen and oxygen atoms in total. The van der Waals surface area contributed by atoms with Crippen LogP contribution in [0.15, 0.2) is 84.9 Å². The topological polar surface area (TPSA) is 0 Å². The average Bonchev–Trinajstić information content (AvgIpc) is 2.91. The predicted octanol–water partition coefficient (Wildman–Crippen LogP) is 9.75. The predicted molar refractivity (Wildman–Crippen MR) is 171 cm³/mol. The zero-order valence-electron chi connectivity index (χ0n) is 25.0. The third-order valence-electron chi connectivity index (χ3n) is 8.06. The molecule has 4 rings (SSSR count). The second-order valence-electron chi connectivity index (χ2n) is 12.2. The summed E-state index contributed by atoms with van der Waals surface area (Å²) < 4.78 is 0. The van der Waals surface area contributed by atoms with Crippen molar-refractivity contribution in [2.75, 3.05) is 0 Å². The van der Waals surface area contributed by atoms with Crippen LogP contribution in [0, 0.1) is 0 Å². The van der Waals surface area contributed by atoms with Crippen LogP contribution in [0.1, 0.15) is 101 Å². The Bertz CT molecular complexity index is 1200. The molecule has 0 saturated heterocycles. The standard InChI is InChI=1S/C37H45B/c1-24(2)32-20-30(28-16-12-10-13-17-28)21-33(25(3)4)36(32)38(9)37-34(26(5)6)22-31(23-35(37)27(7)8)29-18-14-11-15-19-29/h10-27H,1-9H3. The lowest BCUT2D eigenvalue weighted by Gasteiger charge is -2.30. The van der Waals surface area contributed by atoms with E-state index < -0.39 is 0 Å². The molecule has 0 aliphatic rings. The molecular formula is C37H45B. The Kier molecular flexibility index (Phi) is 8.66. The smallest absolute Gasteiger partial charge is 0.0774 e. The molecule has 0 amide bonds. The van der Waals surface area contributed by atoms with E-state index in [0.29, 0.717) is 30.4 Å². The first kappa shape index (κ1) is 28.0. The fraction of sp³-hybridized carbons (Fsp3) is 0.351. The molecule has 0 fully saturated rings. The van der Waals surface area contributed by atoms with Gasteiger partial charge in [0.25, 0.3) is 0 Å². The van der Waals surface area contributed by atoms with Gasteiger partial charge in [0.2, 0.25) is 6.71 Å². The van der Waals surface area contributed by atoms with Crippen molar-refractivity contribution in [1.29, 1.82) is 0 Å². The van der Waals surface area contributed by atoms with E-state index in [0.717, 1.165) is 0 Å². The van der Waals surface area contributed by atoms with Gasteiger partial charge < -0.3 is 0 Å². The first-order chi connectivity index (χ1) is 18.1. The van der Waals surface area contributed by atoms with Gasteiger partial charge in [0.15, 0.2) is 0 Å². The van der Waals surface area contributed by atoms with Gasteiger partial charge in [-0.25, -0.2) is 0 Å².